The number of hydrogen-bond acceptors (Lipinski definition) is 7. The van der Waals surface area contributed by atoms with Gasteiger partial charge in [0, 0.05) is 24.8 Å². The molecule has 1 aliphatic heterocycles. The number of imide groups is 1. The fourth-order valence-electron chi connectivity index (χ4n) is 4.94. The minimum Gasteiger partial charge on any atom is -0.333 e. The Bertz CT molecular complexity index is 1290. The van der Waals surface area contributed by atoms with E-state index >= 15 is 0 Å². The lowest BCUT2D eigenvalue weighted by Gasteiger charge is -2.37. The molecule has 2 N–H and O–H groups in total. The molecule has 2 heterocycles. The maximum Gasteiger partial charge on any atom is 0.290 e. The number of hydrogen-bond donors (Lipinski definition) is 2. The summed E-state index contributed by atoms with van der Waals surface area (Å²) in [6.45, 7) is 1.55. The summed E-state index contributed by atoms with van der Waals surface area (Å²) in [6, 6.07) is 19.4. The van der Waals surface area contributed by atoms with Gasteiger partial charge in [-0.15, -0.1) is 0 Å². The molecule has 38 heavy (non-hydrogen) atoms. The van der Waals surface area contributed by atoms with Gasteiger partial charge in [-0.05, 0) is 85.8 Å². The molecular weight excluding hydrogens is 501 g/mol. The maximum atomic E-state index is 13.1. The first-order valence-electron chi connectivity index (χ1n) is 12.9. The number of thioether (sulfide) groups is 1. The molecule has 2 fully saturated rings. The first-order valence-corrected chi connectivity index (χ1v) is 13.7. The van der Waals surface area contributed by atoms with Gasteiger partial charge in [-0.1, -0.05) is 42.5 Å². The first kappa shape index (κ1) is 26.1. The van der Waals surface area contributed by atoms with Gasteiger partial charge in [-0.2, -0.15) is 0 Å². The molecule has 1 saturated heterocycles. The number of aromatic nitrogens is 2. The fourth-order valence-corrected chi connectivity index (χ4v) is 5.61. The lowest BCUT2D eigenvalue weighted by molar-refractivity contribution is -0.115. The SMILES string of the molecule is O=C1NC(=O)/C(=C/c2ccnc(N(Cc3ccccc3)[C@H]3CC[C@H](NCCc4ccc(F)cc4)CC3)n2)S1. The summed E-state index contributed by atoms with van der Waals surface area (Å²) in [5, 5.41) is 5.58. The highest BCUT2D eigenvalue weighted by Gasteiger charge is 2.28. The molecule has 0 bridgehead atoms. The summed E-state index contributed by atoms with van der Waals surface area (Å²) < 4.78 is 13.1. The molecule has 2 amide bonds. The molecule has 196 valence electrons. The Morgan fingerprint density at radius 1 is 1.00 bits per heavy atom. The van der Waals surface area contributed by atoms with Crippen LogP contribution in [0.2, 0.25) is 0 Å². The number of amides is 2. The van der Waals surface area contributed by atoms with Crippen molar-refractivity contribution in [3.8, 4) is 0 Å². The summed E-state index contributed by atoms with van der Waals surface area (Å²) in [4.78, 5) is 35.5. The molecule has 0 spiro atoms. The van der Waals surface area contributed by atoms with Gasteiger partial charge in [0.05, 0.1) is 10.6 Å². The zero-order valence-corrected chi connectivity index (χ0v) is 21.8. The topological polar surface area (TPSA) is 87.2 Å². The molecular formula is C29H30FN5O2S. The van der Waals surface area contributed by atoms with Crippen molar-refractivity contribution in [3.05, 3.63) is 94.4 Å². The van der Waals surface area contributed by atoms with Crippen molar-refractivity contribution in [1.82, 2.24) is 20.6 Å². The van der Waals surface area contributed by atoms with Gasteiger partial charge in [0.15, 0.2) is 0 Å². The van der Waals surface area contributed by atoms with Gasteiger partial charge in [0.2, 0.25) is 5.95 Å². The van der Waals surface area contributed by atoms with Crippen LogP contribution in [0.25, 0.3) is 6.08 Å². The predicted molar refractivity (Wildman–Crippen MR) is 148 cm³/mol. The van der Waals surface area contributed by atoms with Crippen LogP contribution >= 0.6 is 11.8 Å². The van der Waals surface area contributed by atoms with Crippen molar-refractivity contribution in [1.29, 1.82) is 0 Å². The molecule has 0 radical (unpaired) electrons. The number of nitrogens with zero attached hydrogens (tertiary/aromatic N) is 3. The van der Waals surface area contributed by atoms with Crippen LogP contribution in [-0.4, -0.2) is 39.7 Å². The number of carbonyl (C=O) groups is 2. The number of carbonyl (C=O) groups excluding carboxylic acids is 2. The van der Waals surface area contributed by atoms with E-state index in [1.807, 2.05) is 30.3 Å². The van der Waals surface area contributed by atoms with Crippen molar-refractivity contribution in [2.24, 2.45) is 0 Å². The molecule has 7 nitrogen and oxygen atoms in total. The van der Waals surface area contributed by atoms with E-state index in [0.29, 0.717) is 29.1 Å². The molecule has 1 saturated carbocycles. The zero-order chi connectivity index (χ0) is 26.3. The summed E-state index contributed by atoms with van der Waals surface area (Å²) >= 11 is 0.883. The third-order valence-corrected chi connectivity index (χ3v) is 7.75. The third-order valence-electron chi connectivity index (χ3n) is 6.94. The normalized spacial score (nSPS) is 20.5. The van der Waals surface area contributed by atoms with Crippen LogP contribution < -0.4 is 15.5 Å². The van der Waals surface area contributed by atoms with Gasteiger partial charge in [0.25, 0.3) is 11.1 Å². The van der Waals surface area contributed by atoms with Crippen LogP contribution in [0, 0.1) is 5.82 Å². The largest absolute Gasteiger partial charge is 0.333 e. The molecule has 1 aliphatic carbocycles. The predicted octanol–water partition coefficient (Wildman–Crippen LogP) is 5.09. The smallest absolute Gasteiger partial charge is 0.290 e. The van der Waals surface area contributed by atoms with E-state index in [1.165, 1.54) is 17.7 Å². The minimum atomic E-state index is -0.397. The van der Waals surface area contributed by atoms with Crippen molar-refractivity contribution < 1.29 is 14.0 Å². The average molecular weight is 532 g/mol. The summed E-state index contributed by atoms with van der Waals surface area (Å²) in [5.41, 5.74) is 2.90. The number of benzene rings is 2. The van der Waals surface area contributed by atoms with Crippen LogP contribution in [0.15, 0.2) is 71.8 Å². The Kier molecular flexibility index (Phi) is 8.45. The Morgan fingerprint density at radius 3 is 2.47 bits per heavy atom. The third kappa shape index (κ3) is 6.85. The Morgan fingerprint density at radius 2 is 1.76 bits per heavy atom. The maximum absolute atomic E-state index is 13.1. The lowest BCUT2D eigenvalue weighted by Crippen LogP contribution is -2.43. The number of anilines is 1. The van der Waals surface area contributed by atoms with E-state index in [2.05, 4.69) is 32.7 Å². The van der Waals surface area contributed by atoms with Crippen molar-refractivity contribution in [2.45, 2.75) is 50.7 Å². The lowest BCUT2D eigenvalue weighted by atomic mass is 9.90. The van der Waals surface area contributed by atoms with Gasteiger partial charge < -0.3 is 10.2 Å². The van der Waals surface area contributed by atoms with E-state index in [9.17, 15) is 14.0 Å². The second-order valence-corrected chi connectivity index (χ2v) is 10.6. The van der Waals surface area contributed by atoms with E-state index in [1.54, 1.807) is 18.3 Å². The number of nitrogens with one attached hydrogen (secondary N) is 2. The zero-order valence-electron chi connectivity index (χ0n) is 21.0. The van der Waals surface area contributed by atoms with Gasteiger partial charge in [0.1, 0.15) is 5.82 Å². The molecule has 2 aliphatic rings. The number of halogens is 1. The van der Waals surface area contributed by atoms with Gasteiger partial charge >= 0.3 is 0 Å². The first-order chi connectivity index (χ1) is 18.5. The molecule has 5 rings (SSSR count). The Labute approximate surface area is 225 Å². The standard InChI is InChI=1S/C29H30FN5O2S/c30-22-8-6-20(7-9-22)14-16-31-23-10-12-25(13-11-23)35(19-21-4-2-1-3-5-21)28-32-17-15-24(33-28)18-26-27(36)34-29(37)38-26/h1-9,15,17-18,23,25,31H,10-14,16,19H2,(H,34,36,37)/b26-18-/t23-,25-. The molecule has 1 aromatic heterocycles. The van der Waals surface area contributed by atoms with Crippen LogP contribution in [0.4, 0.5) is 15.1 Å². The van der Waals surface area contributed by atoms with E-state index in [0.717, 1.165) is 56.0 Å². The van der Waals surface area contributed by atoms with Crippen LogP contribution in [0.1, 0.15) is 42.5 Å². The number of rotatable bonds is 9. The highest BCUT2D eigenvalue weighted by atomic mass is 32.2. The van der Waals surface area contributed by atoms with Crippen molar-refractivity contribution in [3.63, 3.8) is 0 Å². The molecule has 2 aromatic carbocycles. The second-order valence-electron chi connectivity index (χ2n) is 9.58. The van der Waals surface area contributed by atoms with Crippen LogP contribution in [0.3, 0.4) is 0 Å². The van der Waals surface area contributed by atoms with Crippen molar-refractivity contribution in [2.75, 3.05) is 11.4 Å². The van der Waals surface area contributed by atoms with Gasteiger partial charge in [-0.3, -0.25) is 14.9 Å². The highest BCUT2D eigenvalue weighted by molar-refractivity contribution is 8.18. The van der Waals surface area contributed by atoms with E-state index < -0.39 is 5.91 Å². The van der Waals surface area contributed by atoms with E-state index in [-0.39, 0.29) is 17.1 Å². The summed E-state index contributed by atoms with van der Waals surface area (Å²) in [7, 11) is 0. The van der Waals surface area contributed by atoms with Crippen LogP contribution in [0.5, 0.6) is 0 Å². The Balaban J connectivity index is 1.25. The fraction of sp³-hybridized carbons (Fsp3) is 0.310. The molecule has 9 heteroatoms. The molecule has 0 unspecified atom stereocenters. The summed E-state index contributed by atoms with van der Waals surface area (Å²) in [6.07, 6.45) is 8.31. The molecule has 3 aromatic rings. The monoisotopic (exact) mass is 531 g/mol. The van der Waals surface area contributed by atoms with Gasteiger partial charge in [-0.25, -0.2) is 14.4 Å². The average Bonchev–Trinajstić information content (AvgIpc) is 3.25. The van der Waals surface area contributed by atoms with Crippen LogP contribution in [-0.2, 0) is 17.8 Å². The van der Waals surface area contributed by atoms with Crippen molar-refractivity contribution >= 4 is 34.9 Å². The molecule has 0 atom stereocenters. The highest BCUT2D eigenvalue weighted by Crippen LogP contribution is 2.29. The summed E-state index contributed by atoms with van der Waals surface area (Å²) in [5.74, 6) is 0.0153. The quantitative estimate of drug-likeness (QED) is 0.372. The minimum absolute atomic E-state index is 0.204. The second kappa shape index (κ2) is 12.3. The Hall–Kier alpha value is -3.56. The van der Waals surface area contributed by atoms with E-state index in [4.69, 9.17) is 4.98 Å².